The fraction of sp³-hybridized carbons (Fsp3) is 0.439. The number of rotatable bonds is 11. The van der Waals surface area contributed by atoms with Crippen molar-refractivity contribution < 1.29 is 29.1 Å². The van der Waals surface area contributed by atoms with Gasteiger partial charge in [-0.3, -0.25) is 43.5 Å². The van der Waals surface area contributed by atoms with E-state index in [0.29, 0.717) is 83.9 Å². The van der Waals surface area contributed by atoms with Gasteiger partial charge < -0.3 is 39.6 Å². The van der Waals surface area contributed by atoms with E-state index in [2.05, 4.69) is 75.2 Å². The highest BCUT2D eigenvalue weighted by Crippen LogP contribution is 2.41. The zero-order chi connectivity index (χ0) is 53.5. The Kier molecular flexibility index (Phi) is 13.0. The highest BCUT2D eigenvalue weighted by molar-refractivity contribution is 6.07. The molecule has 3 saturated heterocycles. The number of imide groups is 1. The number of aliphatic hydroxyl groups is 1. The molecule has 4 atom stereocenters. The molecule has 2 aromatic carbocycles. The molecule has 396 valence electrons. The molecule has 6 aliphatic rings. The molecule has 5 aliphatic heterocycles. The number of piperazine rings is 1. The van der Waals surface area contributed by atoms with E-state index in [1.807, 2.05) is 30.3 Å². The third kappa shape index (κ3) is 8.91. The number of aliphatic hydroxyl groups excluding tert-OH is 1. The maximum atomic E-state index is 14.1. The monoisotopic (exact) mass is 1030 g/mol. The molecule has 5 aromatic rings. The molecule has 3 fully saturated rings. The molecule has 2 unspecified atom stereocenters. The van der Waals surface area contributed by atoms with Crippen LogP contribution < -0.4 is 30.9 Å². The molecule has 5 amide bonds. The molecule has 19 nitrogen and oxygen atoms in total. The number of benzene rings is 2. The lowest BCUT2D eigenvalue weighted by Gasteiger charge is -2.48. The Bertz CT molecular complexity index is 3310. The van der Waals surface area contributed by atoms with Crippen LogP contribution in [0.3, 0.4) is 0 Å². The summed E-state index contributed by atoms with van der Waals surface area (Å²) in [5.41, 5.74) is 8.63. The van der Waals surface area contributed by atoms with Crippen LogP contribution in [-0.4, -0.2) is 132 Å². The van der Waals surface area contributed by atoms with E-state index in [4.69, 9.17) is 4.98 Å². The number of fused-ring (bicyclic) bond motifs is 4. The summed E-state index contributed by atoms with van der Waals surface area (Å²) in [6.07, 6.45) is 8.75. The Morgan fingerprint density at radius 3 is 2.45 bits per heavy atom. The van der Waals surface area contributed by atoms with Gasteiger partial charge in [0.05, 0.1) is 23.7 Å². The van der Waals surface area contributed by atoms with Gasteiger partial charge in [-0.15, -0.1) is 0 Å². The van der Waals surface area contributed by atoms with Crippen LogP contribution in [0, 0.1) is 5.41 Å². The van der Waals surface area contributed by atoms with E-state index < -0.39 is 18.2 Å². The minimum absolute atomic E-state index is 0.0284. The lowest BCUT2D eigenvalue weighted by molar-refractivity contribution is -0.150. The van der Waals surface area contributed by atoms with E-state index in [9.17, 15) is 33.9 Å². The fourth-order valence-electron chi connectivity index (χ4n) is 12.8. The van der Waals surface area contributed by atoms with Crippen LogP contribution in [0.25, 0.3) is 11.3 Å². The third-order valence-corrected chi connectivity index (χ3v) is 16.7. The van der Waals surface area contributed by atoms with Crippen molar-refractivity contribution in [3.05, 3.63) is 118 Å². The molecule has 76 heavy (non-hydrogen) atoms. The number of aromatic nitrogens is 4. The van der Waals surface area contributed by atoms with Crippen LogP contribution in [0.4, 0.5) is 34.4 Å². The summed E-state index contributed by atoms with van der Waals surface area (Å²) < 4.78 is 3.56. The molecule has 0 bridgehead atoms. The van der Waals surface area contributed by atoms with Crippen molar-refractivity contribution in [2.24, 2.45) is 12.5 Å². The number of amides is 5. The van der Waals surface area contributed by atoms with Crippen molar-refractivity contribution in [1.82, 2.24) is 33.8 Å². The van der Waals surface area contributed by atoms with Gasteiger partial charge in [-0.2, -0.15) is 0 Å². The van der Waals surface area contributed by atoms with Crippen molar-refractivity contribution in [3.8, 4) is 11.3 Å². The van der Waals surface area contributed by atoms with Gasteiger partial charge in [-0.25, -0.2) is 9.97 Å². The SMILES string of the molecule is C=CC(=O)Nc1cc(Nc2nc(-c3ccnc(N4CCn5c(cc6c5CC(C)(C)C6)C4=O)c3CO)cn(C)c2=O)ccc1N1CCN(C2CCN(c3ccc4c(c3)CN(C3CCC(=O)N(C)C3=O)C4=O)[C@H](C)C2)C[C@@H]1C. The van der Waals surface area contributed by atoms with E-state index in [-0.39, 0.29) is 59.3 Å². The van der Waals surface area contributed by atoms with Crippen molar-refractivity contribution in [1.29, 1.82) is 0 Å². The standard InChI is InChI=1S/C57H66N12O7/c1-8-49(71)60-43-26-37(59-51-56(76)62(6)31-44(61-51)41-15-17-58-52(42(41)32-70)68-22-21-67-47(55(68)75)25-35-27-57(4,5)28-48(35)67)9-12-45(43)66-20-19-64(29-34(66)3)38-16-18-65(33(2)23-38)39-10-11-40-36(24-39)30-69(53(40)73)46-13-14-50(72)63(7)54(46)74/h8-12,15,17,24-26,31,33-34,38,46,70H,1,13-14,16,18-23,27-30,32H2,2-7H3,(H,59,61)(H,60,71)/t33-,34+,38?,46?/m1/s1. The number of hydrogen-bond acceptors (Lipinski definition) is 13. The molecule has 3 N–H and O–H groups in total. The molecule has 11 rings (SSSR count). The van der Waals surface area contributed by atoms with Crippen molar-refractivity contribution in [2.75, 3.05) is 65.1 Å². The number of likely N-dealkylation sites (tertiary alicyclic amines) is 1. The Labute approximate surface area is 441 Å². The van der Waals surface area contributed by atoms with Gasteiger partial charge in [0.15, 0.2) is 5.82 Å². The first-order valence-electron chi connectivity index (χ1n) is 26.5. The number of piperidine rings is 2. The summed E-state index contributed by atoms with van der Waals surface area (Å²) >= 11 is 0. The first-order valence-corrected chi connectivity index (χ1v) is 26.5. The van der Waals surface area contributed by atoms with E-state index >= 15 is 0 Å². The van der Waals surface area contributed by atoms with Crippen molar-refractivity contribution >= 4 is 63.9 Å². The Balaban J connectivity index is 0.769. The van der Waals surface area contributed by atoms with Crippen LogP contribution in [0.15, 0.2) is 78.4 Å². The van der Waals surface area contributed by atoms with Crippen LogP contribution in [0.2, 0.25) is 0 Å². The minimum Gasteiger partial charge on any atom is -0.392 e. The predicted molar refractivity (Wildman–Crippen MR) is 290 cm³/mol. The molecular weight excluding hydrogens is 965 g/mol. The second-order valence-corrected chi connectivity index (χ2v) is 22.3. The molecule has 0 radical (unpaired) electrons. The van der Waals surface area contributed by atoms with Crippen LogP contribution in [0.1, 0.15) is 96.6 Å². The Morgan fingerprint density at radius 1 is 0.868 bits per heavy atom. The normalized spacial score (nSPS) is 22.5. The Morgan fingerprint density at radius 2 is 1.68 bits per heavy atom. The van der Waals surface area contributed by atoms with Gasteiger partial charge in [0.1, 0.15) is 17.6 Å². The molecule has 8 heterocycles. The topological polar surface area (TPSA) is 202 Å². The number of carbonyl (C=O) groups excluding carboxylic acids is 5. The zero-order valence-electron chi connectivity index (χ0n) is 44.1. The minimum atomic E-state index is -0.636. The predicted octanol–water partition coefficient (Wildman–Crippen LogP) is 5.46. The van der Waals surface area contributed by atoms with Gasteiger partial charge in [-0.1, -0.05) is 20.4 Å². The number of likely N-dealkylation sites (N-methyl/N-ethyl adjacent to an activating group) is 1. The van der Waals surface area contributed by atoms with Gasteiger partial charge in [0, 0.05) is 131 Å². The number of aryl methyl sites for hydroxylation is 1. The van der Waals surface area contributed by atoms with Crippen molar-refractivity contribution in [2.45, 2.75) is 110 Å². The average molecular weight is 1030 g/mol. The summed E-state index contributed by atoms with van der Waals surface area (Å²) in [7, 11) is 3.12. The smallest absolute Gasteiger partial charge is 0.293 e. The number of hydrogen-bond donors (Lipinski definition) is 3. The number of nitrogens with zero attached hydrogens (tertiary/aromatic N) is 10. The Hall–Kier alpha value is -7.64. The summed E-state index contributed by atoms with van der Waals surface area (Å²) in [4.78, 5) is 101. The number of nitrogens with one attached hydrogen (secondary N) is 2. The van der Waals surface area contributed by atoms with E-state index in [1.54, 1.807) is 41.4 Å². The molecule has 0 saturated carbocycles. The van der Waals surface area contributed by atoms with E-state index in [0.717, 1.165) is 67.2 Å². The molecule has 3 aromatic heterocycles. The summed E-state index contributed by atoms with van der Waals surface area (Å²) in [6.45, 7) is 16.7. The summed E-state index contributed by atoms with van der Waals surface area (Å²) in [6, 6.07) is 15.4. The maximum absolute atomic E-state index is 14.1. The first-order chi connectivity index (χ1) is 36.4. The highest BCUT2D eigenvalue weighted by atomic mass is 16.3. The molecule has 1 aliphatic carbocycles. The van der Waals surface area contributed by atoms with Crippen LogP contribution in [0.5, 0.6) is 0 Å². The maximum Gasteiger partial charge on any atom is 0.293 e. The second-order valence-electron chi connectivity index (χ2n) is 22.3. The zero-order valence-corrected chi connectivity index (χ0v) is 44.1. The number of pyridine rings is 1. The van der Waals surface area contributed by atoms with Crippen molar-refractivity contribution in [3.63, 3.8) is 0 Å². The highest BCUT2D eigenvalue weighted by Gasteiger charge is 2.43. The molecular formula is C57H66N12O7. The number of carbonyl (C=O) groups is 5. The fourth-order valence-corrected chi connectivity index (χ4v) is 12.8. The summed E-state index contributed by atoms with van der Waals surface area (Å²) in [5.74, 6) is -0.879. The van der Waals surface area contributed by atoms with Gasteiger partial charge in [-0.05, 0) is 117 Å². The van der Waals surface area contributed by atoms with Gasteiger partial charge in [0.2, 0.25) is 11.8 Å². The van der Waals surface area contributed by atoms with Gasteiger partial charge >= 0.3 is 0 Å². The molecule has 19 heteroatoms. The van der Waals surface area contributed by atoms with Crippen LogP contribution in [-0.2, 0) is 54.0 Å². The quantitative estimate of drug-likeness (QED) is 0.111. The van der Waals surface area contributed by atoms with Gasteiger partial charge in [0.25, 0.3) is 23.3 Å². The lowest BCUT2D eigenvalue weighted by Crippen LogP contribution is -2.58. The average Bonchev–Trinajstić information content (AvgIpc) is 4.08. The van der Waals surface area contributed by atoms with E-state index in [1.165, 1.54) is 28.9 Å². The van der Waals surface area contributed by atoms with Crippen LogP contribution >= 0.6 is 0 Å². The lowest BCUT2D eigenvalue weighted by atomic mass is 9.90. The first kappa shape index (κ1) is 50.5. The summed E-state index contributed by atoms with van der Waals surface area (Å²) in [5, 5.41) is 17.1. The number of anilines is 6. The second kappa shape index (κ2) is 19.5. The largest absolute Gasteiger partial charge is 0.392 e. The molecule has 0 spiro atoms. The third-order valence-electron chi connectivity index (χ3n) is 16.7.